The van der Waals surface area contributed by atoms with E-state index in [1.165, 1.54) is 6.92 Å². The lowest BCUT2D eigenvalue weighted by atomic mass is 10.1. The molecule has 1 N–H and O–H groups in total. The van der Waals surface area contributed by atoms with Gasteiger partial charge in [0.1, 0.15) is 4.88 Å². The van der Waals surface area contributed by atoms with E-state index in [2.05, 4.69) is 15.0 Å². The molecule has 0 saturated carbocycles. The molecule has 0 amide bonds. The van der Waals surface area contributed by atoms with Crippen LogP contribution in [0.5, 0.6) is 0 Å². The summed E-state index contributed by atoms with van der Waals surface area (Å²) in [6, 6.07) is 0. The van der Waals surface area contributed by atoms with Crippen molar-refractivity contribution in [1.82, 2.24) is 4.98 Å². The Balaban J connectivity index is 3.17. The van der Waals surface area contributed by atoms with Crippen LogP contribution in [0.15, 0.2) is 0 Å². The quantitative estimate of drug-likeness (QED) is 0.867. The minimum Gasteiger partial charge on any atom is -0.462 e. The zero-order chi connectivity index (χ0) is 14.8. The van der Waals surface area contributed by atoms with Crippen molar-refractivity contribution in [1.29, 1.82) is 0 Å². The van der Waals surface area contributed by atoms with Crippen molar-refractivity contribution in [3.63, 3.8) is 0 Å². The van der Waals surface area contributed by atoms with Crippen LogP contribution in [-0.2, 0) is 10.9 Å². The first-order valence-electron chi connectivity index (χ1n) is 5.58. The van der Waals surface area contributed by atoms with E-state index < -0.39 is 28.3 Å². The molecule has 1 heterocycles. The van der Waals surface area contributed by atoms with Gasteiger partial charge in [-0.25, -0.2) is 9.78 Å². The van der Waals surface area contributed by atoms with Gasteiger partial charge in [0.05, 0.1) is 6.61 Å². The van der Waals surface area contributed by atoms with E-state index in [4.69, 9.17) is 0 Å². The van der Waals surface area contributed by atoms with E-state index in [0.29, 0.717) is 11.3 Å². The van der Waals surface area contributed by atoms with Crippen LogP contribution in [0.25, 0.3) is 0 Å². The van der Waals surface area contributed by atoms with Gasteiger partial charge >= 0.3 is 12.1 Å². The number of rotatable bonds is 3. The summed E-state index contributed by atoms with van der Waals surface area (Å²) < 4.78 is 43.0. The summed E-state index contributed by atoms with van der Waals surface area (Å²) in [5, 5.41) is 2.85. The minimum absolute atomic E-state index is 0.00998. The number of hydrogen-bond acceptors (Lipinski definition) is 5. The maximum Gasteiger partial charge on any atom is 0.435 e. The molecular formula is C11H15F3N2O2S. The number of hydrogen-bond donors (Lipinski definition) is 1. The summed E-state index contributed by atoms with van der Waals surface area (Å²) in [7, 11) is 0. The molecule has 0 aliphatic rings. The largest absolute Gasteiger partial charge is 0.462 e. The van der Waals surface area contributed by atoms with E-state index in [0.717, 1.165) is 0 Å². The Labute approximate surface area is 113 Å². The highest BCUT2D eigenvalue weighted by Crippen LogP contribution is 2.37. The van der Waals surface area contributed by atoms with E-state index >= 15 is 0 Å². The van der Waals surface area contributed by atoms with Crippen LogP contribution in [-0.4, -0.2) is 23.1 Å². The standard InChI is InChI=1S/C11H15F3N2O2S/c1-5-18-8(17)6-7(11(12,13)14)15-9(19-6)16-10(2,3)4/h5H2,1-4H3,(H,15,16). The number of esters is 1. The van der Waals surface area contributed by atoms with Gasteiger partial charge in [-0.15, -0.1) is 0 Å². The van der Waals surface area contributed by atoms with E-state index in [9.17, 15) is 18.0 Å². The van der Waals surface area contributed by atoms with E-state index in [1.54, 1.807) is 20.8 Å². The molecule has 0 bridgehead atoms. The molecule has 0 aliphatic heterocycles. The number of anilines is 1. The van der Waals surface area contributed by atoms with Gasteiger partial charge in [0, 0.05) is 5.54 Å². The third-order valence-electron chi connectivity index (χ3n) is 1.84. The van der Waals surface area contributed by atoms with Gasteiger partial charge in [-0.1, -0.05) is 11.3 Å². The summed E-state index contributed by atoms with van der Waals surface area (Å²) in [6.45, 7) is 6.89. The molecule has 8 heteroatoms. The lowest BCUT2D eigenvalue weighted by Crippen LogP contribution is -2.26. The van der Waals surface area contributed by atoms with Crippen LogP contribution >= 0.6 is 11.3 Å². The van der Waals surface area contributed by atoms with Crippen LogP contribution < -0.4 is 5.32 Å². The smallest absolute Gasteiger partial charge is 0.435 e. The molecule has 0 saturated heterocycles. The summed E-state index contributed by atoms with van der Waals surface area (Å²) in [4.78, 5) is 14.4. The Morgan fingerprint density at radius 3 is 2.37 bits per heavy atom. The van der Waals surface area contributed by atoms with Crippen molar-refractivity contribution in [2.75, 3.05) is 11.9 Å². The SMILES string of the molecule is CCOC(=O)c1sc(NC(C)(C)C)nc1C(F)(F)F. The number of aromatic nitrogens is 1. The van der Waals surface area contributed by atoms with Gasteiger partial charge in [-0.3, -0.25) is 0 Å². The van der Waals surface area contributed by atoms with Crippen LogP contribution in [0.1, 0.15) is 43.1 Å². The van der Waals surface area contributed by atoms with Crippen molar-refractivity contribution in [2.45, 2.75) is 39.4 Å². The second-order valence-electron chi connectivity index (χ2n) is 4.79. The molecule has 0 fully saturated rings. The molecule has 0 atom stereocenters. The molecule has 0 radical (unpaired) electrons. The highest BCUT2D eigenvalue weighted by Gasteiger charge is 2.40. The number of carbonyl (C=O) groups is 1. The lowest BCUT2D eigenvalue weighted by Gasteiger charge is -2.19. The Kier molecular flexibility index (Phi) is 4.44. The zero-order valence-corrected chi connectivity index (χ0v) is 11.8. The lowest BCUT2D eigenvalue weighted by molar-refractivity contribution is -0.141. The fourth-order valence-electron chi connectivity index (χ4n) is 1.22. The Hall–Kier alpha value is -1.31. The molecule has 1 rings (SSSR count). The first kappa shape index (κ1) is 15.7. The van der Waals surface area contributed by atoms with Crippen LogP contribution in [0.2, 0.25) is 0 Å². The van der Waals surface area contributed by atoms with Crippen molar-refractivity contribution in [3.05, 3.63) is 10.6 Å². The summed E-state index contributed by atoms with van der Waals surface area (Å²) in [5.41, 5.74) is -1.66. The summed E-state index contributed by atoms with van der Waals surface area (Å²) >= 11 is 0.645. The van der Waals surface area contributed by atoms with Gasteiger partial charge < -0.3 is 10.1 Å². The fraction of sp³-hybridized carbons (Fsp3) is 0.636. The van der Waals surface area contributed by atoms with Gasteiger partial charge in [-0.2, -0.15) is 13.2 Å². The Morgan fingerprint density at radius 1 is 1.37 bits per heavy atom. The number of carbonyl (C=O) groups excluding carboxylic acids is 1. The van der Waals surface area contributed by atoms with Crippen molar-refractivity contribution < 1.29 is 22.7 Å². The monoisotopic (exact) mass is 296 g/mol. The van der Waals surface area contributed by atoms with E-state index in [-0.39, 0.29) is 11.7 Å². The number of ether oxygens (including phenoxy) is 1. The normalized spacial score (nSPS) is 12.4. The number of halogens is 3. The molecular weight excluding hydrogens is 281 g/mol. The first-order chi connectivity index (χ1) is 8.54. The first-order valence-corrected chi connectivity index (χ1v) is 6.39. The van der Waals surface area contributed by atoms with Gasteiger partial charge in [0.2, 0.25) is 0 Å². The summed E-state index contributed by atoms with van der Waals surface area (Å²) in [5.74, 6) is -1.01. The molecule has 1 aromatic heterocycles. The average Bonchev–Trinajstić information content (AvgIpc) is 2.58. The van der Waals surface area contributed by atoms with Gasteiger partial charge in [-0.05, 0) is 27.7 Å². The molecule has 19 heavy (non-hydrogen) atoms. The number of thiazole rings is 1. The molecule has 0 aliphatic carbocycles. The van der Waals surface area contributed by atoms with Crippen molar-refractivity contribution in [2.24, 2.45) is 0 Å². The van der Waals surface area contributed by atoms with Crippen LogP contribution in [0.4, 0.5) is 18.3 Å². The number of alkyl halides is 3. The third kappa shape index (κ3) is 4.38. The predicted octanol–water partition coefficient (Wildman–Crippen LogP) is 3.55. The van der Waals surface area contributed by atoms with Crippen LogP contribution in [0.3, 0.4) is 0 Å². The number of nitrogens with one attached hydrogen (secondary N) is 1. The maximum atomic E-state index is 12.8. The van der Waals surface area contributed by atoms with Gasteiger partial charge in [0.15, 0.2) is 10.8 Å². The minimum atomic E-state index is -4.68. The third-order valence-corrected chi connectivity index (χ3v) is 2.79. The fourth-order valence-corrected chi connectivity index (χ4v) is 2.31. The Bertz CT molecular complexity index is 463. The highest BCUT2D eigenvalue weighted by molar-refractivity contribution is 7.17. The molecule has 1 aromatic rings. The topological polar surface area (TPSA) is 51.2 Å². The molecule has 4 nitrogen and oxygen atoms in total. The molecule has 0 unspecified atom stereocenters. The zero-order valence-electron chi connectivity index (χ0n) is 11.0. The summed E-state index contributed by atoms with van der Waals surface area (Å²) in [6.07, 6.45) is -4.68. The van der Waals surface area contributed by atoms with Crippen molar-refractivity contribution >= 4 is 22.4 Å². The Morgan fingerprint density at radius 2 is 1.95 bits per heavy atom. The molecule has 108 valence electrons. The maximum absolute atomic E-state index is 12.8. The van der Waals surface area contributed by atoms with Crippen molar-refractivity contribution in [3.8, 4) is 0 Å². The molecule has 0 spiro atoms. The van der Waals surface area contributed by atoms with E-state index in [1.807, 2.05) is 0 Å². The average molecular weight is 296 g/mol. The molecule has 0 aromatic carbocycles. The van der Waals surface area contributed by atoms with Gasteiger partial charge in [0.25, 0.3) is 0 Å². The second-order valence-corrected chi connectivity index (χ2v) is 5.79. The highest BCUT2D eigenvalue weighted by atomic mass is 32.1. The predicted molar refractivity (Wildman–Crippen MR) is 66.4 cm³/mol. The second kappa shape index (κ2) is 5.36. The van der Waals surface area contributed by atoms with Crippen LogP contribution in [0, 0.1) is 0 Å². The number of nitrogens with zero attached hydrogens (tertiary/aromatic N) is 1.